The maximum Gasteiger partial charge on any atom is 0.472 e. The molecule has 0 heterocycles. The van der Waals surface area contributed by atoms with Crippen LogP contribution in [0.5, 0.6) is 0 Å². The van der Waals surface area contributed by atoms with Gasteiger partial charge in [0.05, 0.1) is 27.7 Å². The van der Waals surface area contributed by atoms with Crippen LogP contribution in [0, 0.1) is 0 Å². The van der Waals surface area contributed by atoms with Crippen LogP contribution in [0.25, 0.3) is 0 Å². The number of quaternary nitrogens is 1. The van der Waals surface area contributed by atoms with E-state index in [1.54, 1.807) is 12.2 Å². The van der Waals surface area contributed by atoms with E-state index in [-0.39, 0.29) is 31.8 Å². The van der Waals surface area contributed by atoms with Crippen LogP contribution in [-0.4, -0.2) is 80.7 Å². The average Bonchev–Trinajstić information content (AvgIpc) is 3.18. The molecular formula is C48H85NO9P+. The molecule has 0 amide bonds. The van der Waals surface area contributed by atoms with Crippen LogP contribution in [0.2, 0.25) is 0 Å². The summed E-state index contributed by atoms with van der Waals surface area (Å²) in [6, 6.07) is 0. The van der Waals surface area contributed by atoms with Crippen LogP contribution >= 0.6 is 7.82 Å². The number of likely N-dealkylation sites (N-methyl/N-ethyl adjacent to an activating group) is 1. The van der Waals surface area contributed by atoms with Crippen LogP contribution in [0.15, 0.2) is 60.8 Å². The van der Waals surface area contributed by atoms with E-state index in [2.05, 4.69) is 38.2 Å². The summed E-state index contributed by atoms with van der Waals surface area (Å²) in [4.78, 5) is 47.1. The highest BCUT2D eigenvalue weighted by Gasteiger charge is 2.27. The van der Waals surface area contributed by atoms with Crippen molar-refractivity contribution in [2.45, 2.75) is 180 Å². The van der Waals surface area contributed by atoms with Gasteiger partial charge in [0.25, 0.3) is 0 Å². The summed E-state index contributed by atoms with van der Waals surface area (Å²) in [6.45, 7) is 4.16. The van der Waals surface area contributed by atoms with Gasteiger partial charge in [0.1, 0.15) is 19.8 Å². The van der Waals surface area contributed by atoms with Gasteiger partial charge in [0, 0.05) is 19.3 Å². The zero-order valence-corrected chi connectivity index (χ0v) is 38.9. The van der Waals surface area contributed by atoms with E-state index in [4.69, 9.17) is 18.5 Å². The minimum Gasteiger partial charge on any atom is -0.462 e. The number of rotatable bonds is 41. The second kappa shape index (κ2) is 39.5. The molecule has 1 unspecified atom stereocenters. The van der Waals surface area contributed by atoms with Crippen molar-refractivity contribution in [2.24, 2.45) is 0 Å². The van der Waals surface area contributed by atoms with Gasteiger partial charge in [0.15, 0.2) is 11.9 Å². The summed E-state index contributed by atoms with van der Waals surface area (Å²) in [5, 5.41) is 0. The predicted molar refractivity (Wildman–Crippen MR) is 243 cm³/mol. The van der Waals surface area contributed by atoms with E-state index in [1.165, 1.54) is 64.2 Å². The van der Waals surface area contributed by atoms with Crippen molar-refractivity contribution in [3.05, 3.63) is 60.8 Å². The second-order valence-corrected chi connectivity index (χ2v) is 17.9. The number of unbranched alkanes of at least 4 members (excludes halogenated alkanes) is 16. The number of ether oxygens (including phenoxy) is 2. The number of hydrogen-bond acceptors (Lipinski definition) is 8. The lowest BCUT2D eigenvalue weighted by molar-refractivity contribution is -0.870. The van der Waals surface area contributed by atoms with Crippen molar-refractivity contribution >= 4 is 25.5 Å². The zero-order chi connectivity index (χ0) is 43.7. The molecule has 0 spiro atoms. The highest BCUT2D eigenvalue weighted by molar-refractivity contribution is 7.47. The van der Waals surface area contributed by atoms with E-state index in [0.717, 1.165) is 57.8 Å². The molecule has 0 bridgehead atoms. The van der Waals surface area contributed by atoms with Crippen molar-refractivity contribution < 1.29 is 46.8 Å². The van der Waals surface area contributed by atoms with Crippen LogP contribution in [0.3, 0.4) is 0 Å². The largest absolute Gasteiger partial charge is 0.472 e. The molecule has 1 N–H and O–H groups in total. The topological polar surface area (TPSA) is 125 Å². The minimum atomic E-state index is -4.41. The zero-order valence-electron chi connectivity index (χ0n) is 38.0. The Hall–Kier alpha value is -2.62. The minimum absolute atomic E-state index is 0.00779. The molecule has 0 aromatic rings. The Kier molecular flexibility index (Phi) is 37.8. The van der Waals surface area contributed by atoms with Crippen molar-refractivity contribution in [2.75, 3.05) is 47.5 Å². The molecule has 11 heteroatoms. The highest BCUT2D eigenvalue weighted by Crippen LogP contribution is 2.43. The van der Waals surface area contributed by atoms with Gasteiger partial charge < -0.3 is 18.9 Å². The quantitative estimate of drug-likeness (QED) is 0.0122. The molecule has 340 valence electrons. The van der Waals surface area contributed by atoms with Gasteiger partial charge in [-0.3, -0.25) is 23.4 Å². The van der Waals surface area contributed by atoms with Crippen molar-refractivity contribution in [3.63, 3.8) is 0 Å². The average molecular weight is 851 g/mol. The molecule has 0 saturated heterocycles. The number of carbonyl (C=O) groups excluding carboxylic acids is 3. The van der Waals surface area contributed by atoms with Gasteiger partial charge in [0.2, 0.25) is 0 Å². The Labute approximate surface area is 360 Å². The fourth-order valence-electron chi connectivity index (χ4n) is 5.84. The molecule has 0 aromatic heterocycles. The second-order valence-electron chi connectivity index (χ2n) is 16.5. The Morgan fingerprint density at radius 3 is 1.73 bits per heavy atom. The van der Waals surface area contributed by atoms with Gasteiger partial charge in [-0.25, -0.2) is 4.57 Å². The highest BCUT2D eigenvalue weighted by atomic mass is 31.2. The lowest BCUT2D eigenvalue weighted by Crippen LogP contribution is -2.37. The van der Waals surface area contributed by atoms with Gasteiger partial charge in [-0.2, -0.15) is 0 Å². The number of hydrogen-bond donors (Lipinski definition) is 1. The monoisotopic (exact) mass is 851 g/mol. The van der Waals surface area contributed by atoms with Gasteiger partial charge in [-0.1, -0.05) is 146 Å². The summed E-state index contributed by atoms with van der Waals surface area (Å²) >= 11 is 0. The number of ketones is 1. The Morgan fingerprint density at radius 1 is 0.576 bits per heavy atom. The summed E-state index contributed by atoms with van der Waals surface area (Å²) in [5.41, 5.74) is 0. The van der Waals surface area contributed by atoms with Crippen LogP contribution in [0.4, 0.5) is 0 Å². The summed E-state index contributed by atoms with van der Waals surface area (Å²) in [7, 11) is 1.40. The molecule has 0 aliphatic carbocycles. The first-order valence-electron chi connectivity index (χ1n) is 23.0. The molecule has 2 atom stereocenters. The third kappa shape index (κ3) is 43.3. The third-order valence-corrected chi connectivity index (χ3v) is 10.5. The van der Waals surface area contributed by atoms with E-state index in [1.807, 2.05) is 45.4 Å². The van der Waals surface area contributed by atoms with Gasteiger partial charge >= 0.3 is 19.8 Å². The van der Waals surface area contributed by atoms with Crippen molar-refractivity contribution in [3.8, 4) is 0 Å². The Morgan fingerprint density at radius 2 is 1.08 bits per heavy atom. The lowest BCUT2D eigenvalue weighted by atomic mass is 10.1. The van der Waals surface area contributed by atoms with Crippen LogP contribution in [0.1, 0.15) is 174 Å². The number of nitrogens with zero attached hydrogens (tertiary/aromatic N) is 1. The molecule has 0 saturated carbocycles. The molecular weight excluding hydrogens is 765 g/mol. The summed E-state index contributed by atoms with van der Waals surface area (Å²) in [6.07, 6.45) is 44.0. The fraction of sp³-hybridized carbons (Fsp3) is 0.729. The van der Waals surface area contributed by atoms with E-state index in [0.29, 0.717) is 36.7 Å². The van der Waals surface area contributed by atoms with Gasteiger partial charge in [-0.15, -0.1) is 0 Å². The first-order chi connectivity index (χ1) is 28.4. The molecule has 0 radical (unpaired) electrons. The van der Waals surface area contributed by atoms with E-state index >= 15 is 0 Å². The summed E-state index contributed by atoms with van der Waals surface area (Å²) in [5.74, 6) is -0.738. The number of carbonyl (C=O) groups is 3. The van der Waals surface area contributed by atoms with Crippen molar-refractivity contribution in [1.82, 2.24) is 0 Å². The molecule has 0 rings (SSSR count). The first-order valence-corrected chi connectivity index (χ1v) is 24.5. The summed E-state index contributed by atoms with van der Waals surface area (Å²) < 4.78 is 34.2. The Balaban J connectivity index is 4.48. The number of esters is 2. The first kappa shape index (κ1) is 56.4. The molecule has 59 heavy (non-hydrogen) atoms. The fourth-order valence-corrected chi connectivity index (χ4v) is 6.58. The standard InChI is InChI=1S/C48H84NO9P/c1-6-8-10-11-12-13-14-15-16-17-18-19-22-25-28-31-35-39-47(51)55-43-46(44-57-59(53,54)56-42-41-49(3,4)5)58-48(52)40-36-32-29-26-23-20-21-24-27-30-34-38-45(50)37-33-9-7-2/h15-16,20-21,26-27,29-30,34,38,46H,6-14,17-19,22-25,28,31-33,35-37,39-44H2,1-5H3/p+1/b16-15-,21-20-,29-26-,30-27-,38-34+/t46-/m1/s1. The molecule has 0 aliphatic heterocycles. The van der Waals surface area contributed by atoms with Gasteiger partial charge in [-0.05, 0) is 70.3 Å². The van der Waals surface area contributed by atoms with E-state index < -0.39 is 32.5 Å². The van der Waals surface area contributed by atoms with Crippen LogP contribution in [-0.2, 0) is 37.5 Å². The normalized spacial score (nSPS) is 14.0. The molecule has 0 fully saturated rings. The number of phosphoric ester groups is 1. The molecule has 0 aliphatic rings. The van der Waals surface area contributed by atoms with E-state index in [9.17, 15) is 23.8 Å². The maximum atomic E-state index is 12.7. The molecule has 0 aromatic carbocycles. The van der Waals surface area contributed by atoms with Crippen molar-refractivity contribution in [1.29, 1.82) is 0 Å². The maximum absolute atomic E-state index is 12.7. The smallest absolute Gasteiger partial charge is 0.462 e. The number of phosphoric acid groups is 1. The Bertz CT molecular complexity index is 1250. The third-order valence-electron chi connectivity index (χ3n) is 9.50. The lowest BCUT2D eigenvalue weighted by Gasteiger charge is -2.24. The molecule has 10 nitrogen and oxygen atoms in total. The number of allylic oxidation sites excluding steroid dienone is 10. The SMILES string of the molecule is CCCCCCCC/C=C\CCCCCCCCCC(=O)OC[C@H](COP(=O)(O)OCC[N+](C)(C)C)OC(=O)CCC/C=C\C/C=C\C/C=C\C=C\C(=O)CCCCC. The predicted octanol–water partition coefficient (Wildman–Crippen LogP) is 12.4. The van der Waals surface area contributed by atoms with Crippen LogP contribution < -0.4 is 0 Å².